The predicted molar refractivity (Wildman–Crippen MR) is 81.6 cm³/mol. The molecular weight excluding hydrogens is 264 g/mol. The summed E-state index contributed by atoms with van der Waals surface area (Å²) in [4.78, 5) is 19.3. The first-order valence-electron chi connectivity index (χ1n) is 6.75. The maximum atomic E-state index is 12.1. The number of nitrogens with one attached hydrogen (secondary N) is 2. The molecule has 0 spiro atoms. The molecule has 1 amide bonds. The molecule has 3 aromatic rings. The van der Waals surface area contributed by atoms with Crippen LogP contribution in [0.5, 0.6) is 0 Å². The molecule has 0 saturated carbocycles. The van der Waals surface area contributed by atoms with Gasteiger partial charge in [0.2, 0.25) is 0 Å². The van der Waals surface area contributed by atoms with E-state index in [0.717, 1.165) is 22.2 Å². The van der Waals surface area contributed by atoms with E-state index in [2.05, 4.69) is 15.3 Å². The zero-order valence-corrected chi connectivity index (χ0v) is 11.5. The second-order valence-corrected chi connectivity index (χ2v) is 4.84. The fourth-order valence-electron chi connectivity index (χ4n) is 2.17. The second-order valence-electron chi connectivity index (χ2n) is 4.84. The maximum absolute atomic E-state index is 12.1. The molecule has 5 heteroatoms. The van der Waals surface area contributed by atoms with E-state index in [9.17, 15) is 4.79 Å². The molecule has 0 aliphatic carbocycles. The van der Waals surface area contributed by atoms with Crippen LogP contribution in [-0.4, -0.2) is 15.9 Å². The van der Waals surface area contributed by atoms with Crippen LogP contribution < -0.4 is 11.1 Å². The summed E-state index contributed by atoms with van der Waals surface area (Å²) < 4.78 is 0. The Kier molecular flexibility index (Phi) is 3.66. The highest BCUT2D eigenvalue weighted by Crippen LogP contribution is 2.11. The molecule has 0 unspecified atom stereocenters. The molecule has 0 radical (unpaired) electrons. The molecule has 1 aromatic heterocycles. The largest absolute Gasteiger partial charge is 0.348 e. The maximum Gasteiger partial charge on any atom is 0.251 e. The summed E-state index contributed by atoms with van der Waals surface area (Å²) in [6.07, 6.45) is 1.66. The van der Waals surface area contributed by atoms with E-state index >= 15 is 0 Å². The van der Waals surface area contributed by atoms with Crippen molar-refractivity contribution in [3.05, 3.63) is 65.5 Å². The van der Waals surface area contributed by atoms with Gasteiger partial charge in [-0.15, -0.1) is 0 Å². The van der Waals surface area contributed by atoms with Gasteiger partial charge in [-0.1, -0.05) is 18.2 Å². The Morgan fingerprint density at radius 1 is 1.14 bits per heavy atom. The Bertz CT molecular complexity index is 761. The lowest BCUT2D eigenvalue weighted by molar-refractivity contribution is 0.0951. The molecular formula is C16H16N4O. The van der Waals surface area contributed by atoms with Gasteiger partial charge in [-0.2, -0.15) is 0 Å². The van der Waals surface area contributed by atoms with Crippen LogP contribution >= 0.6 is 0 Å². The van der Waals surface area contributed by atoms with Crippen molar-refractivity contribution in [1.82, 2.24) is 15.3 Å². The third-order valence-corrected chi connectivity index (χ3v) is 3.39. The zero-order chi connectivity index (χ0) is 14.7. The third kappa shape index (κ3) is 2.93. The van der Waals surface area contributed by atoms with Crippen molar-refractivity contribution in [2.75, 3.05) is 0 Å². The standard InChI is InChI=1S/C16H16N4O/c17-8-11-1-4-13(5-2-11)16(21)18-9-12-3-6-14-15(7-12)20-10-19-14/h1-7,10H,8-9,17H2,(H,18,21)(H,19,20). The lowest BCUT2D eigenvalue weighted by Gasteiger charge is -2.06. The van der Waals surface area contributed by atoms with Crippen molar-refractivity contribution in [3.8, 4) is 0 Å². The minimum absolute atomic E-state index is 0.0942. The second kappa shape index (κ2) is 5.76. The number of carbonyl (C=O) groups is 1. The van der Waals surface area contributed by atoms with Gasteiger partial charge in [0.05, 0.1) is 17.4 Å². The number of H-pyrrole nitrogens is 1. The average molecular weight is 280 g/mol. The van der Waals surface area contributed by atoms with Crippen LogP contribution in [0, 0.1) is 0 Å². The molecule has 0 atom stereocenters. The first-order valence-corrected chi connectivity index (χ1v) is 6.75. The van der Waals surface area contributed by atoms with Crippen molar-refractivity contribution in [1.29, 1.82) is 0 Å². The van der Waals surface area contributed by atoms with Crippen LogP contribution in [0.4, 0.5) is 0 Å². The normalized spacial score (nSPS) is 10.7. The smallest absolute Gasteiger partial charge is 0.251 e. The number of hydrogen-bond donors (Lipinski definition) is 3. The molecule has 106 valence electrons. The minimum atomic E-state index is -0.0942. The van der Waals surface area contributed by atoms with Crippen molar-refractivity contribution >= 4 is 16.9 Å². The van der Waals surface area contributed by atoms with Gasteiger partial charge in [0.15, 0.2) is 0 Å². The summed E-state index contributed by atoms with van der Waals surface area (Å²) in [6, 6.07) is 13.2. The molecule has 21 heavy (non-hydrogen) atoms. The predicted octanol–water partition coefficient (Wildman–Crippen LogP) is 1.95. The quantitative estimate of drug-likeness (QED) is 0.683. The monoisotopic (exact) mass is 280 g/mol. The molecule has 5 nitrogen and oxygen atoms in total. The average Bonchev–Trinajstić information content (AvgIpc) is 3.00. The fraction of sp³-hybridized carbons (Fsp3) is 0.125. The molecule has 0 fully saturated rings. The molecule has 0 aliphatic heterocycles. The Hall–Kier alpha value is -2.66. The molecule has 0 bridgehead atoms. The topological polar surface area (TPSA) is 83.8 Å². The lowest BCUT2D eigenvalue weighted by Crippen LogP contribution is -2.22. The number of aromatic amines is 1. The number of benzene rings is 2. The fourth-order valence-corrected chi connectivity index (χ4v) is 2.17. The van der Waals surface area contributed by atoms with E-state index in [0.29, 0.717) is 18.7 Å². The first kappa shape index (κ1) is 13.3. The van der Waals surface area contributed by atoms with Crippen LogP contribution in [0.3, 0.4) is 0 Å². The van der Waals surface area contributed by atoms with Gasteiger partial charge in [-0.05, 0) is 35.4 Å². The Labute approximate surface area is 122 Å². The third-order valence-electron chi connectivity index (χ3n) is 3.39. The highest BCUT2D eigenvalue weighted by Gasteiger charge is 2.05. The van der Waals surface area contributed by atoms with Crippen molar-refractivity contribution in [2.45, 2.75) is 13.1 Å². The van der Waals surface area contributed by atoms with E-state index in [4.69, 9.17) is 5.73 Å². The number of hydrogen-bond acceptors (Lipinski definition) is 3. The van der Waals surface area contributed by atoms with Gasteiger partial charge in [0, 0.05) is 18.7 Å². The van der Waals surface area contributed by atoms with Crippen molar-refractivity contribution in [3.63, 3.8) is 0 Å². The number of carbonyl (C=O) groups excluding carboxylic acids is 1. The summed E-state index contributed by atoms with van der Waals surface area (Å²) in [5.41, 5.74) is 10.1. The highest BCUT2D eigenvalue weighted by molar-refractivity contribution is 5.94. The number of rotatable bonds is 4. The van der Waals surface area contributed by atoms with Crippen LogP contribution in [0.2, 0.25) is 0 Å². The molecule has 0 aliphatic rings. The van der Waals surface area contributed by atoms with Gasteiger partial charge in [-0.3, -0.25) is 4.79 Å². The summed E-state index contributed by atoms with van der Waals surface area (Å²) in [6.45, 7) is 0.957. The molecule has 1 heterocycles. The minimum Gasteiger partial charge on any atom is -0.348 e. The van der Waals surface area contributed by atoms with Crippen molar-refractivity contribution < 1.29 is 4.79 Å². The number of fused-ring (bicyclic) bond motifs is 1. The number of nitrogens with two attached hydrogens (primary N) is 1. The van der Waals surface area contributed by atoms with Crippen LogP contribution in [0.25, 0.3) is 11.0 Å². The summed E-state index contributed by atoms with van der Waals surface area (Å²) >= 11 is 0. The van der Waals surface area contributed by atoms with Gasteiger partial charge in [0.1, 0.15) is 0 Å². The Morgan fingerprint density at radius 3 is 2.67 bits per heavy atom. The van der Waals surface area contributed by atoms with Gasteiger partial charge >= 0.3 is 0 Å². The number of aromatic nitrogens is 2. The Balaban J connectivity index is 1.66. The van der Waals surface area contributed by atoms with Crippen molar-refractivity contribution in [2.24, 2.45) is 5.73 Å². The summed E-state index contributed by atoms with van der Waals surface area (Å²) in [5, 5.41) is 2.91. The van der Waals surface area contributed by atoms with E-state index in [1.54, 1.807) is 18.5 Å². The van der Waals surface area contributed by atoms with Gasteiger partial charge < -0.3 is 16.0 Å². The number of imidazole rings is 1. The lowest BCUT2D eigenvalue weighted by atomic mass is 10.1. The molecule has 2 aromatic carbocycles. The van der Waals surface area contributed by atoms with E-state index in [1.165, 1.54) is 0 Å². The van der Waals surface area contributed by atoms with E-state index in [-0.39, 0.29) is 5.91 Å². The number of nitrogens with zero attached hydrogens (tertiary/aromatic N) is 1. The van der Waals surface area contributed by atoms with Crippen LogP contribution in [-0.2, 0) is 13.1 Å². The van der Waals surface area contributed by atoms with Crippen LogP contribution in [0.15, 0.2) is 48.8 Å². The SMILES string of the molecule is NCc1ccc(C(=O)NCc2ccc3nc[nH]c3c2)cc1. The Morgan fingerprint density at radius 2 is 1.90 bits per heavy atom. The highest BCUT2D eigenvalue weighted by atomic mass is 16.1. The van der Waals surface area contributed by atoms with Crippen LogP contribution in [0.1, 0.15) is 21.5 Å². The van der Waals surface area contributed by atoms with Gasteiger partial charge in [0.25, 0.3) is 5.91 Å². The summed E-state index contributed by atoms with van der Waals surface area (Å²) in [5.74, 6) is -0.0942. The first-order chi connectivity index (χ1) is 10.3. The zero-order valence-electron chi connectivity index (χ0n) is 11.5. The van der Waals surface area contributed by atoms with E-state index < -0.39 is 0 Å². The molecule has 3 rings (SSSR count). The summed E-state index contributed by atoms with van der Waals surface area (Å²) in [7, 11) is 0. The van der Waals surface area contributed by atoms with Gasteiger partial charge in [-0.25, -0.2) is 4.98 Å². The molecule has 0 saturated heterocycles. The molecule has 4 N–H and O–H groups in total. The number of amides is 1. The van der Waals surface area contributed by atoms with E-state index in [1.807, 2.05) is 30.3 Å².